The molecule has 23 heavy (non-hydrogen) atoms. The van der Waals surface area contributed by atoms with Crippen LogP contribution in [0.1, 0.15) is 28.5 Å². The molecule has 0 saturated heterocycles. The summed E-state index contributed by atoms with van der Waals surface area (Å²) in [5, 5.41) is 5.40. The van der Waals surface area contributed by atoms with Gasteiger partial charge in [-0.1, -0.05) is 12.1 Å². The zero-order valence-electron chi connectivity index (χ0n) is 13.1. The third kappa shape index (κ3) is 5.10. The molecular formula is C17H19N3O3. The number of rotatable bonds is 5. The molecule has 0 bridgehead atoms. The number of hydrogen-bond donors (Lipinski definition) is 2. The SMILES string of the molecule is CCOC(=O)NCc1cc(C(=O)Nc2cccc(C)c2)ccn1. The smallest absolute Gasteiger partial charge is 0.407 e. The van der Waals surface area contributed by atoms with E-state index in [0.717, 1.165) is 11.3 Å². The van der Waals surface area contributed by atoms with Crippen LogP contribution >= 0.6 is 0 Å². The monoisotopic (exact) mass is 313 g/mol. The second-order valence-corrected chi connectivity index (χ2v) is 4.93. The maximum atomic E-state index is 12.3. The van der Waals surface area contributed by atoms with Crippen molar-refractivity contribution in [3.63, 3.8) is 0 Å². The molecule has 6 heteroatoms. The van der Waals surface area contributed by atoms with E-state index >= 15 is 0 Å². The Labute approximate surface area is 134 Å². The quantitative estimate of drug-likeness (QED) is 0.889. The Hall–Kier alpha value is -2.89. The number of anilines is 1. The zero-order valence-corrected chi connectivity index (χ0v) is 13.1. The molecule has 0 fully saturated rings. The van der Waals surface area contributed by atoms with Crippen molar-refractivity contribution in [3.8, 4) is 0 Å². The summed E-state index contributed by atoms with van der Waals surface area (Å²) < 4.78 is 4.77. The molecule has 0 atom stereocenters. The maximum Gasteiger partial charge on any atom is 0.407 e. The average Bonchev–Trinajstić information content (AvgIpc) is 2.53. The standard InChI is InChI=1S/C17H19N3O3/c1-3-23-17(22)19-11-15-10-13(7-8-18-15)16(21)20-14-6-4-5-12(2)9-14/h4-10H,3,11H2,1-2H3,(H,19,22)(H,20,21). The fraction of sp³-hybridized carbons (Fsp3) is 0.235. The summed E-state index contributed by atoms with van der Waals surface area (Å²) in [6.45, 7) is 4.19. The van der Waals surface area contributed by atoms with Gasteiger partial charge in [-0.3, -0.25) is 9.78 Å². The molecule has 2 rings (SSSR count). The Morgan fingerprint density at radius 1 is 1.22 bits per heavy atom. The van der Waals surface area contributed by atoms with Crippen LogP contribution < -0.4 is 10.6 Å². The highest BCUT2D eigenvalue weighted by atomic mass is 16.5. The number of hydrogen-bond acceptors (Lipinski definition) is 4. The predicted octanol–water partition coefficient (Wildman–Crippen LogP) is 2.89. The lowest BCUT2D eigenvalue weighted by Crippen LogP contribution is -2.24. The Morgan fingerprint density at radius 2 is 2.04 bits per heavy atom. The van der Waals surface area contributed by atoms with Crippen LogP contribution in [0, 0.1) is 6.92 Å². The highest BCUT2D eigenvalue weighted by Gasteiger charge is 2.08. The van der Waals surface area contributed by atoms with E-state index in [4.69, 9.17) is 4.74 Å². The number of aromatic nitrogens is 1. The van der Waals surface area contributed by atoms with Gasteiger partial charge in [-0.05, 0) is 43.7 Å². The molecule has 2 amide bonds. The van der Waals surface area contributed by atoms with Crippen molar-refractivity contribution >= 4 is 17.7 Å². The second kappa shape index (κ2) is 7.93. The van der Waals surface area contributed by atoms with Gasteiger partial charge in [-0.15, -0.1) is 0 Å². The van der Waals surface area contributed by atoms with Gasteiger partial charge in [0.25, 0.3) is 5.91 Å². The topological polar surface area (TPSA) is 80.3 Å². The third-order valence-electron chi connectivity index (χ3n) is 3.04. The van der Waals surface area contributed by atoms with Gasteiger partial charge in [0.2, 0.25) is 0 Å². The molecule has 0 aliphatic rings. The van der Waals surface area contributed by atoms with Gasteiger partial charge < -0.3 is 15.4 Å². The van der Waals surface area contributed by atoms with Crippen LogP contribution in [0.5, 0.6) is 0 Å². The highest BCUT2D eigenvalue weighted by Crippen LogP contribution is 2.12. The van der Waals surface area contributed by atoms with Crippen molar-refractivity contribution in [3.05, 3.63) is 59.4 Å². The number of ether oxygens (including phenoxy) is 1. The van der Waals surface area contributed by atoms with Crippen molar-refractivity contribution in [2.75, 3.05) is 11.9 Å². The average molecular weight is 313 g/mol. The van der Waals surface area contributed by atoms with Crippen LogP contribution in [-0.2, 0) is 11.3 Å². The van der Waals surface area contributed by atoms with E-state index in [9.17, 15) is 9.59 Å². The normalized spacial score (nSPS) is 10.0. The molecule has 1 aromatic heterocycles. The molecule has 0 radical (unpaired) electrons. The lowest BCUT2D eigenvalue weighted by molar-refractivity contribution is 0.102. The van der Waals surface area contributed by atoms with Crippen molar-refractivity contribution in [2.45, 2.75) is 20.4 Å². The van der Waals surface area contributed by atoms with Gasteiger partial charge in [-0.25, -0.2) is 4.79 Å². The molecule has 0 spiro atoms. The first-order valence-electron chi connectivity index (χ1n) is 7.32. The summed E-state index contributed by atoms with van der Waals surface area (Å²) in [5.74, 6) is -0.226. The number of nitrogens with zero attached hydrogens (tertiary/aromatic N) is 1. The fourth-order valence-corrected chi connectivity index (χ4v) is 1.99. The summed E-state index contributed by atoms with van der Waals surface area (Å²) in [5.41, 5.74) is 2.85. The number of nitrogens with one attached hydrogen (secondary N) is 2. The van der Waals surface area contributed by atoms with Crippen LogP contribution in [0.4, 0.5) is 10.5 Å². The summed E-state index contributed by atoms with van der Waals surface area (Å²) in [7, 11) is 0. The van der Waals surface area contributed by atoms with E-state index < -0.39 is 6.09 Å². The summed E-state index contributed by atoms with van der Waals surface area (Å²) >= 11 is 0. The van der Waals surface area contributed by atoms with Gasteiger partial charge in [0.05, 0.1) is 18.8 Å². The first kappa shape index (κ1) is 16.5. The summed E-state index contributed by atoms with van der Waals surface area (Å²) in [4.78, 5) is 27.7. The van der Waals surface area contributed by atoms with Crippen molar-refractivity contribution in [1.29, 1.82) is 0 Å². The molecule has 0 aliphatic heterocycles. The van der Waals surface area contributed by atoms with Gasteiger partial charge >= 0.3 is 6.09 Å². The predicted molar refractivity (Wildman–Crippen MR) is 87.2 cm³/mol. The van der Waals surface area contributed by atoms with E-state index in [1.807, 2.05) is 31.2 Å². The summed E-state index contributed by atoms with van der Waals surface area (Å²) in [6, 6.07) is 10.8. The minimum atomic E-state index is -0.510. The first-order chi connectivity index (χ1) is 11.1. The van der Waals surface area contributed by atoms with Gasteiger partial charge in [0.1, 0.15) is 0 Å². The van der Waals surface area contributed by atoms with Gasteiger partial charge in [0, 0.05) is 17.4 Å². The van der Waals surface area contributed by atoms with Gasteiger partial charge in [0.15, 0.2) is 0 Å². The van der Waals surface area contributed by atoms with Crippen molar-refractivity contribution in [2.24, 2.45) is 0 Å². The molecule has 0 aliphatic carbocycles. The van der Waals surface area contributed by atoms with E-state index in [0.29, 0.717) is 17.9 Å². The molecule has 2 N–H and O–H groups in total. The molecule has 2 aromatic rings. The molecule has 0 unspecified atom stereocenters. The Kier molecular flexibility index (Phi) is 5.68. The van der Waals surface area contributed by atoms with E-state index in [1.165, 1.54) is 6.20 Å². The lowest BCUT2D eigenvalue weighted by atomic mass is 10.2. The number of pyridine rings is 1. The Bertz CT molecular complexity index is 701. The van der Waals surface area contributed by atoms with Crippen molar-refractivity contribution in [1.82, 2.24) is 10.3 Å². The minimum absolute atomic E-state index is 0.199. The van der Waals surface area contributed by atoms with Crippen molar-refractivity contribution < 1.29 is 14.3 Å². The van der Waals surface area contributed by atoms with E-state index in [1.54, 1.807) is 19.1 Å². The highest BCUT2D eigenvalue weighted by molar-refractivity contribution is 6.04. The molecule has 120 valence electrons. The van der Waals surface area contributed by atoms with E-state index in [-0.39, 0.29) is 12.5 Å². The number of carbonyl (C=O) groups excluding carboxylic acids is 2. The minimum Gasteiger partial charge on any atom is -0.450 e. The van der Waals surface area contributed by atoms with Crippen LogP contribution in [0.2, 0.25) is 0 Å². The first-order valence-corrected chi connectivity index (χ1v) is 7.32. The maximum absolute atomic E-state index is 12.3. The number of aryl methyl sites for hydroxylation is 1. The third-order valence-corrected chi connectivity index (χ3v) is 3.04. The lowest BCUT2D eigenvalue weighted by Gasteiger charge is -2.08. The summed E-state index contributed by atoms with van der Waals surface area (Å²) in [6.07, 6.45) is 1.02. The largest absolute Gasteiger partial charge is 0.450 e. The fourth-order valence-electron chi connectivity index (χ4n) is 1.99. The number of carbonyl (C=O) groups is 2. The second-order valence-electron chi connectivity index (χ2n) is 4.93. The number of benzene rings is 1. The van der Waals surface area contributed by atoms with E-state index in [2.05, 4.69) is 15.6 Å². The molecule has 6 nitrogen and oxygen atoms in total. The molecule has 1 aromatic carbocycles. The van der Waals surface area contributed by atoms with Crippen LogP contribution in [0.3, 0.4) is 0 Å². The molecular weight excluding hydrogens is 294 g/mol. The number of amides is 2. The molecule has 1 heterocycles. The van der Waals surface area contributed by atoms with Gasteiger partial charge in [-0.2, -0.15) is 0 Å². The zero-order chi connectivity index (χ0) is 16.7. The Balaban J connectivity index is 2.01. The van der Waals surface area contributed by atoms with Crippen LogP contribution in [-0.4, -0.2) is 23.6 Å². The Morgan fingerprint density at radius 3 is 2.78 bits per heavy atom. The number of alkyl carbamates (subject to hydrolysis) is 1. The van der Waals surface area contributed by atoms with Crippen LogP contribution in [0.25, 0.3) is 0 Å². The molecule has 0 saturated carbocycles. The van der Waals surface area contributed by atoms with Crippen LogP contribution in [0.15, 0.2) is 42.6 Å².